The summed E-state index contributed by atoms with van der Waals surface area (Å²) >= 11 is 0. The van der Waals surface area contributed by atoms with Crippen molar-refractivity contribution in [1.29, 1.82) is 0 Å². The molecule has 0 atom stereocenters. The van der Waals surface area contributed by atoms with Gasteiger partial charge < -0.3 is 19.2 Å². The molecular weight excluding hydrogens is 358 g/mol. The van der Waals surface area contributed by atoms with Crippen molar-refractivity contribution in [3.63, 3.8) is 0 Å². The van der Waals surface area contributed by atoms with Gasteiger partial charge in [-0.25, -0.2) is 4.79 Å². The Bertz CT molecular complexity index is 1000. The average molecular weight is 381 g/mol. The number of carbonyl (C=O) groups excluding carboxylic acids is 2. The molecule has 1 heterocycles. The minimum absolute atomic E-state index is 0.0809. The molecule has 146 valence electrons. The van der Waals surface area contributed by atoms with Crippen LogP contribution in [-0.2, 0) is 9.53 Å². The van der Waals surface area contributed by atoms with Gasteiger partial charge in [0, 0.05) is 16.6 Å². The van der Waals surface area contributed by atoms with Crippen LogP contribution in [0.25, 0.3) is 11.0 Å². The number of hydrogen-bond acceptors (Lipinski definition) is 5. The second-order valence-corrected chi connectivity index (χ2v) is 6.82. The van der Waals surface area contributed by atoms with Gasteiger partial charge in [0.15, 0.2) is 6.61 Å². The van der Waals surface area contributed by atoms with E-state index in [4.69, 9.17) is 13.9 Å². The van der Waals surface area contributed by atoms with Crippen LogP contribution in [0.15, 0.2) is 46.9 Å². The van der Waals surface area contributed by atoms with Crippen LogP contribution in [0.1, 0.15) is 41.4 Å². The molecule has 0 radical (unpaired) electrons. The van der Waals surface area contributed by atoms with E-state index in [1.54, 1.807) is 32.2 Å². The molecule has 0 saturated heterocycles. The summed E-state index contributed by atoms with van der Waals surface area (Å²) in [5, 5.41) is 3.47. The number of anilines is 1. The van der Waals surface area contributed by atoms with Crippen LogP contribution in [0.5, 0.6) is 5.75 Å². The van der Waals surface area contributed by atoms with Gasteiger partial charge in [-0.1, -0.05) is 26.0 Å². The number of furan rings is 1. The largest absolute Gasteiger partial charge is 0.497 e. The molecule has 6 heteroatoms. The molecular formula is C22H23NO5. The van der Waals surface area contributed by atoms with Gasteiger partial charge in [0.2, 0.25) is 5.76 Å². The lowest BCUT2D eigenvalue weighted by Gasteiger charge is -2.08. The highest BCUT2D eigenvalue weighted by Gasteiger charge is 2.20. The van der Waals surface area contributed by atoms with Crippen LogP contribution < -0.4 is 10.1 Å². The second kappa shape index (κ2) is 8.17. The molecule has 0 fully saturated rings. The van der Waals surface area contributed by atoms with Crippen molar-refractivity contribution >= 4 is 28.5 Å². The van der Waals surface area contributed by atoms with Crippen molar-refractivity contribution < 1.29 is 23.5 Å². The van der Waals surface area contributed by atoms with E-state index in [1.807, 2.05) is 24.3 Å². The summed E-state index contributed by atoms with van der Waals surface area (Å²) in [5.74, 6) is 0.0632. The highest BCUT2D eigenvalue weighted by atomic mass is 16.5. The van der Waals surface area contributed by atoms with Crippen molar-refractivity contribution in [2.24, 2.45) is 0 Å². The zero-order valence-corrected chi connectivity index (χ0v) is 16.4. The van der Waals surface area contributed by atoms with E-state index in [1.165, 1.54) is 5.56 Å². The molecule has 0 aliphatic carbocycles. The van der Waals surface area contributed by atoms with Crippen molar-refractivity contribution in [2.45, 2.75) is 26.7 Å². The number of rotatable bonds is 6. The number of benzene rings is 2. The number of amides is 1. The van der Waals surface area contributed by atoms with Crippen molar-refractivity contribution in [2.75, 3.05) is 19.0 Å². The quantitative estimate of drug-likeness (QED) is 0.628. The lowest BCUT2D eigenvalue weighted by Crippen LogP contribution is -2.21. The third kappa shape index (κ3) is 4.17. The summed E-state index contributed by atoms with van der Waals surface area (Å²) in [7, 11) is 1.57. The first kappa shape index (κ1) is 19.5. The van der Waals surface area contributed by atoms with Crippen LogP contribution in [0, 0.1) is 6.92 Å². The van der Waals surface area contributed by atoms with Gasteiger partial charge in [-0.15, -0.1) is 0 Å². The Kier molecular flexibility index (Phi) is 5.68. The predicted molar refractivity (Wildman–Crippen MR) is 107 cm³/mol. The third-order valence-corrected chi connectivity index (χ3v) is 4.52. The predicted octanol–water partition coefficient (Wildman–Crippen LogP) is 4.67. The Morgan fingerprint density at radius 2 is 1.82 bits per heavy atom. The fraction of sp³-hybridized carbons (Fsp3) is 0.273. The van der Waals surface area contributed by atoms with E-state index in [2.05, 4.69) is 19.2 Å². The molecule has 0 aliphatic heterocycles. The zero-order valence-electron chi connectivity index (χ0n) is 16.4. The Hall–Kier alpha value is -3.28. The molecule has 0 bridgehead atoms. The lowest BCUT2D eigenvalue weighted by atomic mass is 10.0. The van der Waals surface area contributed by atoms with Crippen LogP contribution in [-0.4, -0.2) is 25.6 Å². The van der Waals surface area contributed by atoms with E-state index in [-0.39, 0.29) is 5.76 Å². The number of ether oxygens (including phenoxy) is 2. The van der Waals surface area contributed by atoms with Gasteiger partial charge in [-0.2, -0.15) is 0 Å². The summed E-state index contributed by atoms with van der Waals surface area (Å²) in [6.45, 7) is 5.56. The zero-order chi connectivity index (χ0) is 20.3. The number of hydrogen-bond donors (Lipinski definition) is 1. The summed E-state index contributed by atoms with van der Waals surface area (Å²) < 4.78 is 15.9. The fourth-order valence-electron chi connectivity index (χ4n) is 2.87. The smallest absolute Gasteiger partial charge is 0.375 e. The summed E-state index contributed by atoms with van der Waals surface area (Å²) in [6, 6.07) is 12.8. The molecule has 0 spiro atoms. The monoisotopic (exact) mass is 381 g/mol. The first-order valence-electron chi connectivity index (χ1n) is 9.03. The van der Waals surface area contributed by atoms with Crippen molar-refractivity contribution in [3.05, 3.63) is 59.4 Å². The SMILES string of the molecule is COc1ccc2oc(C(=O)OCC(=O)Nc3ccc(C(C)C)cc3)c(C)c2c1. The molecule has 1 aromatic heterocycles. The molecule has 0 aliphatic rings. The fourth-order valence-corrected chi connectivity index (χ4v) is 2.87. The minimum Gasteiger partial charge on any atom is -0.497 e. The molecule has 0 saturated carbocycles. The highest BCUT2D eigenvalue weighted by Crippen LogP contribution is 2.29. The summed E-state index contributed by atoms with van der Waals surface area (Å²) in [6.07, 6.45) is 0. The maximum absolute atomic E-state index is 12.3. The Morgan fingerprint density at radius 3 is 2.46 bits per heavy atom. The Labute approximate surface area is 163 Å². The molecule has 1 N–H and O–H groups in total. The highest BCUT2D eigenvalue weighted by molar-refractivity contribution is 5.98. The summed E-state index contributed by atoms with van der Waals surface area (Å²) in [4.78, 5) is 24.4. The number of aryl methyl sites for hydroxylation is 1. The molecule has 6 nitrogen and oxygen atoms in total. The minimum atomic E-state index is -0.682. The van der Waals surface area contributed by atoms with Crippen LogP contribution in [0.4, 0.5) is 5.69 Å². The Morgan fingerprint density at radius 1 is 1.11 bits per heavy atom. The van der Waals surface area contributed by atoms with Gasteiger partial charge in [0.1, 0.15) is 11.3 Å². The standard InChI is InChI=1S/C22H23NO5/c1-13(2)15-5-7-16(8-6-15)23-20(24)12-27-22(25)21-14(3)18-11-17(26-4)9-10-19(18)28-21/h5-11,13H,12H2,1-4H3,(H,23,24). The van der Waals surface area contributed by atoms with E-state index < -0.39 is 18.5 Å². The molecule has 3 aromatic rings. The normalized spacial score (nSPS) is 10.9. The first-order valence-corrected chi connectivity index (χ1v) is 9.03. The molecule has 2 aromatic carbocycles. The summed E-state index contributed by atoms with van der Waals surface area (Å²) in [5.41, 5.74) is 3.03. The van der Waals surface area contributed by atoms with Crippen molar-refractivity contribution in [3.8, 4) is 5.75 Å². The van der Waals surface area contributed by atoms with Gasteiger partial charge in [-0.3, -0.25) is 4.79 Å². The van der Waals surface area contributed by atoms with E-state index >= 15 is 0 Å². The molecule has 1 amide bonds. The van der Waals surface area contributed by atoms with Gasteiger partial charge in [0.05, 0.1) is 7.11 Å². The lowest BCUT2D eigenvalue weighted by molar-refractivity contribution is -0.119. The van der Waals surface area contributed by atoms with Crippen molar-refractivity contribution in [1.82, 2.24) is 0 Å². The van der Waals surface area contributed by atoms with Gasteiger partial charge in [-0.05, 0) is 48.7 Å². The third-order valence-electron chi connectivity index (χ3n) is 4.52. The molecule has 0 unspecified atom stereocenters. The number of fused-ring (bicyclic) bond motifs is 1. The van der Waals surface area contributed by atoms with E-state index in [9.17, 15) is 9.59 Å². The number of methoxy groups -OCH3 is 1. The first-order chi connectivity index (χ1) is 13.4. The maximum Gasteiger partial charge on any atom is 0.375 e. The van der Waals surface area contributed by atoms with E-state index in [0.717, 1.165) is 5.39 Å². The molecule has 3 rings (SSSR count). The topological polar surface area (TPSA) is 77.8 Å². The van der Waals surface area contributed by atoms with Gasteiger partial charge in [0.25, 0.3) is 5.91 Å². The van der Waals surface area contributed by atoms with Crippen LogP contribution >= 0.6 is 0 Å². The maximum atomic E-state index is 12.3. The van der Waals surface area contributed by atoms with E-state index in [0.29, 0.717) is 28.5 Å². The Balaban J connectivity index is 1.62. The average Bonchev–Trinajstić information content (AvgIpc) is 3.02. The number of nitrogens with one attached hydrogen (secondary N) is 1. The van der Waals surface area contributed by atoms with Crippen LogP contribution in [0.2, 0.25) is 0 Å². The molecule has 28 heavy (non-hydrogen) atoms. The second-order valence-electron chi connectivity index (χ2n) is 6.82. The van der Waals surface area contributed by atoms with Crippen LogP contribution in [0.3, 0.4) is 0 Å². The number of esters is 1. The van der Waals surface area contributed by atoms with Gasteiger partial charge >= 0.3 is 5.97 Å². The number of carbonyl (C=O) groups is 2.